The summed E-state index contributed by atoms with van der Waals surface area (Å²) in [4.78, 5) is 7.27. The number of likely N-dealkylation sites (N-methyl/N-ethyl adjacent to an activating group) is 1. The molecule has 0 aromatic heterocycles. The molecule has 2 aromatic rings. The lowest BCUT2D eigenvalue weighted by atomic mass is 9.71. The number of ether oxygens (including phenoxy) is 1. The van der Waals surface area contributed by atoms with Gasteiger partial charge in [0, 0.05) is 18.4 Å². The van der Waals surface area contributed by atoms with Crippen LogP contribution in [0, 0.1) is 11.7 Å². The van der Waals surface area contributed by atoms with Gasteiger partial charge in [0.2, 0.25) is 0 Å². The molecule has 28 heavy (non-hydrogen) atoms. The van der Waals surface area contributed by atoms with Gasteiger partial charge in [-0.2, -0.15) is 0 Å². The SMILES string of the molecule is CN1CCC[C@]2(CN=C(C3CCc4ccccc4[C@H]3c3cccc(F)c3)O2)C1. The summed E-state index contributed by atoms with van der Waals surface area (Å²) < 4.78 is 20.7. The van der Waals surface area contributed by atoms with Crippen LogP contribution in [0.15, 0.2) is 53.5 Å². The third-order valence-electron chi connectivity index (χ3n) is 6.62. The van der Waals surface area contributed by atoms with Gasteiger partial charge in [0.25, 0.3) is 0 Å². The monoisotopic (exact) mass is 378 g/mol. The van der Waals surface area contributed by atoms with Gasteiger partial charge >= 0.3 is 0 Å². The molecule has 4 heteroatoms. The topological polar surface area (TPSA) is 24.8 Å². The van der Waals surface area contributed by atoms with Crippen LogP contribution in [0.3, 0.4) is 0 Å². The molecule has 0 N–H and O–H groups in total. The molecule has 3 nitrogen and oxygen atoms in total. The van der Waals surface area contributed by atoms with Gasteiger partial charge in [0.1, 0.15) is 11.4 Å². The number of likely N-dealkylation sites (tertiary alicyclic amines) is 1. The van der Waals surface area contributed by atoms with Crippen LogP contribution in [0.2, 0.25) is 0 Å². The molecule has 2 heterocycles. The first-order valence-corrected chi connectivity index (χ1v) is 10.4. The lowest BCUT2D eigenvalue weighted by molar-refractivity contribution is 0.00832. The maximum atomic E-state index is 14.1. The molecule has 3 aliphatic rings. The van der Waals surface area contributed by atoms with Crippen LogP contribution in [-0.2, 0) is 11.2 Å². The van der Waals surface area contributed by atoms with Gasteiger partial charge in [-0.3, -0.25) is 4.99 Å². The molecule has 3 atom stereocenters. The number of nitrogens with zero attached hydrogens (tertiary/aromatic N) is 2. The number of halogens is 1. The van der Waals surface area contributed by atoms with E-state index in [0.717, 1.165) is 56.8 Å². The van der Waals surface area contributed by atoms with Crippen molar-refractivity contribution in [2.75, 3.05) is 26.7 Å². The predicted molar refractivity (Wildman–Crippen MR) is 109 cm³/mol. The fourth-order valence-corrected chi connectivity index (χ4v) is 5.37. The molecular weight excluding hydrogens is 351 g/mol. The standard InChI is InChI=1S/C24H27FN2O/c1-27-13-5-12-24(16-27)15-26-23(28-24)21-11-10-17-6-2-3-9-20(17)22(21)18-7-4-8-19(25)14-18/h2-4,6-9,14,21-22H,5,10-13,15-16H2,1H3/t21?,22-,24+/m1/s1. The van der Waals surface area contributed by atoms with Gasteiger partial charge in [-0.15, -0.1) is 0 Å². The average molecular weight is 378 g/mol. The molecular formula is C24H27FN2O. The zero-order valence-electron chi connectivity index (χ0n) is 16.4. The van der Waals surface area contributed by atoms with Crippen LogP contribution in [0.5, 0.6) is 0 Å². The van der Waals surface area contributed by atoms with E-state index >= 15 is 0 Å². The number of rotatable bonds is 2. The van der Waals surface area contributed by atoms with E-state index in [2.05, 4.69) is 36.2 Å². The minimum absolute atomic E-state index is 0.0934. The zero-order valence-corrected chi connectivity index (χ0v) is 16.4. The van der Waals surface area contributed by atoms with Crippen molar-refractivity contribution in [3.63, 3.8) is 0 Å². The Morgan fingerprint density at radius 2 is 2.07 bits per heavy atom. The summed E-state index contributed by atoms with van der Waals surface area (Å²) in [5.41, 5.74) is 3.51. The number of benzene rings is 2. The van der Waals surface area contributed by atoms with E-state index < -0.39 is 0 Å². The van der Waals surface area contributed by atoms with Crippen molar-refractivity contribution < 1.29 is 9.13 Å². The molecule has 2 aromatic carbocycles. The zero-order chi connectivity index (χ0) is 19.1. The van der Waals surface area contributed by atoms with Crippen LogP contribution in [-0.4, -0.2) is 43.1 Å². The van der Waals surface area contributed by atoms with E-state index in [1.807, 2.05) is 12.1 Å². The third kappa shape index (κ3) is 3.14. The van der Waals surface area contributed by atoms with Crippen LogP contribution in [0.4, 0.5) is 4.39 Å². The Labute approximate surface area is 166 Å². The van der Waals surface area contributed by atoms with E-state index in [1.54, 1.807) is 6.07 Å². The van der Waals surface area contributed by atoms with Crippen molar-refractivity contribution in [2.45, 2.75) is 37.2 Å². The number of fused-ring (bicyclic) bond motifs is 1. The summed E-state index contributed by atoms with van der Waals surface area (Å²) in [5.74, 6) is 0.970. The van der Waals surface area contributed by atoms with E-state index in [-0.39, 0.29) is 23.3 Å². The highest BCUT2D eigenvalue weighted by Crippen LogP contribution is 2.44. The normalized spacial score (nSPS) is 30.0. The molecule has 146 valence electrons. The largest absolute Gasteiger partial charge is 0.471 e. The Morgan fingerprint density at radius 3 is 2.93 bits per heavy atom. The maximum absolute atomic E-state index is 14.1. The number of hydrogen-bond acceptors (Lipinski definition) is 3. The number of aliphatic imine (C=N–C) groups is 1. The summed E-state index contributed by atoms with van der Waals surface area (Å²) in [6, 6.07) is 15.6. The molecule has 0 radical (unpaired) electrons. The van der Waals surface area contributed by atoms with Crippen molar-refractivity contribution in [3.8, 4) is 0 Å². The van der Waals surface area contributed by atoms with Crippen molar-refractivity contribution in [3.05, 3.63) is 71.0 Å². The quantitative estimate of drug-likeness (QED) is 0.773. The summed E-state index contributed by atoms with van der Waals surface area (Å²) >= 11 is 0. The molecule has 1 saturated heterocycles. The highest BCUT2D eigenvalue weighted by Gasteiger charge is 2.45. The van der Waals surface area contributed by atoms with Crippen molar-refractivity contribution in [1.82, 2.24) is 4.90 Å². The van der Waals surface area contributed by atoms with Crippen molar-refractivity contribution in [1.29, 1.82) is 0 Å². The smallest absolute Gasteiger partial charge is 0.188 e. The van der Waals surface area contributed by atoms with E-state index in [1.165, 1.54) is 17.2 Å². The Bertz CT molecular complexity index is 911. The van der Waals surface area contributed by atoms with Crippen molar-refractivity contribution in [2.24, 2.45) is 10.9 Å². The van der Waals surface area contributed by atoms with Crippen LogP contribution in [0.25, 0.3) is 0 Å². The summed E-state index contributed by atoms with van der Waals surface area (Å²) in [6.07, 6.45) is 4.23. The second-order valence-corrected chi connectivity index (χ2v) is 8.66. The highest BCUT2D eigenvalue weighted by molar-refractivity contribution is 5.83. The predicted octanol–water partition coefficient (Wildman–Crippen LogP) is 4.41. The first-order valence-electron chi connectivity index (χ1n) is 10.4. The second kappa shape index (κ2) is 7.00. The molecule has 0 amide bonds. The van der Waals surface area contributed by atoms with Crippen molar-refractivity contribution >= 4 is 5.90 Å². The number of aryl methyl sites for hydroxylation is 1. The van der Waals surface area contributed by atoms with Gasteiger partial charge in [0.05, 0.1) is 6.54 Å². The summed E-state index contributed by atoms with van der Waals surface area (Å²) in [5, 5.41) is 0. The lowest BCUT2D eigenvalue weighted by Crippen LogP contribution is -2.49. The van der Waals surface area contributed by atoms with Crippen LogP contribution >= 0.6 is 0 Å². The minimum Gasteiger partial charge on any atom is -0.471 e. The molecule has 1 spiro atoms. The molecule has 1 aliphatic carbocycles. The van der Waals surface area contributed by atoms with Crippen LogP contribution in [0.1, 0.15) is 41.9 Å². The van der Waals surface area contributed by atoms with Gasteiger partial charge in [-0.05, 0) is 68.1 Å². The fourth-order valence-electron chi connectivity index (χ4n) is 5.37. The molecule has 1 unspecified atom stereocenters. The summed E-state index contributed by atoms with van der Waals surface area (Å²) in [7, 11) is 2.16. The van der Waals surface area contributed by atoms with Gasteiger partial charge in [0.15, 0.2) is 5.90 Å². The average Bonchev–Trinajstić information content (AvgIpc) is 3.09. The fraction of sp³-hybridized carbons (Fsp3) is 0.458. The van der Waals surface area contributed by atoms with Gasteiger partial charge < -0.3 is 9.64 Å². The lowest BCUT2D eigenvalue weighted by Gasteiger charge is -2.39. The highest BCUT2D eigenvalue weighted by atomic mass is 19.1. The van der Waals surface area contributed by atoms with E-state index in [4.69, 9.17) is 9.73 Å². The Morgan fingerprint density at radius 1 is 1.18 bits per heavy atom. The number of piperidine rings is 1. The second-order valence-electron chi connectivity index (χ2n) is 8.66. The Kier molecular flexibility index (Phi) is 4.47. The van der Waals surface area contributed by atoms with Gasteiger partial charge in [-0.1, -0.05) is 36.4 Å². The minimum atomic E-state index is -0.182. The first-order chi connectivity index (χ1) is 13.6. The third-order valence-corrected chi connectivity index (χ3v) is 6.62. The Balaban J connectivity index is 1.50. The Hall–Kier alpha value is -2.20. The summed E-state index contributed by atoms with van der Waals surface area (Å²) in [6.45, 7) is 2.82. The molecule has 2 aliphatic heterocycles. The molecule has 5 rings (SSSR count). The molecule has 0 bridgehead atoms. The molecule has 1 fully saturated rings. The number of hydrogen-bond donors (Lipinski definition) is 0. The maximum Gasteiger partial charge on any atom is 0.188 e. The van der Waals surface area contributed by atoms with E-state index in [9.17, 15) is 4.39 Å². The van der Waals surface area contributed by atoms with Gasteiger partial charge in [-0.25, -0.2) is 4.39 Å². The molecule has 0 saturated carbocycles. The van der Waals surface area contributed by atoms with Crippen LogP contribution < -0.4 is 0 Å². The first kappa shape index (κ1) is 17.9. The van der Waals surface area contributed by atoms with E-state index in [0.29, 0.717) is 0 Å².